The molecular formula is C10H20O3. The van der Waals surface area contributed by atoms with Gasteiger partial charge >= 0.3 is 5.97 Å². The summed E-state index contributed by atoms with van der Waals surface area (Å²) in [6.45, 7) is 8.07. The van der Waals surface area contributed by atoms with E-state index in [2.05, 4.69) is 11.8 Å². The molecule has 0 aliphatic heterocycles. The monoisotopic (exact) mass is 188 g/mol. The van der Waals surface area contributed by atoms with Gasteiger partial charge in [0.25, 0.3) is 0 Å². The second-order valence-corrected chi connectivity index (χ2v) is 4.11. The molecular weight excluding hydrogens is 168 g/mol. The molecule has 0 radical (unpaired) electrons. The van der Waals surface area contributed by atoms with Crippen molar-refractivity contribution >= 4 is 5.97 Å². The van der Waals surface area contributed by atoms with E-state index in [-0.39, 0.29) is 11.3 Å². The van der Waals surface area contributed by atoms with E-state index in [4.69, 9.17) is 5.26 Å². The standard InChI is InChI=1S/C10H20O3/c1-5-7-10(3,4)8(6-2)9(11)13-12/h8,12H,5-7H2,1-4H3. The van der Waals surface area contributed by atoms with Crippen LogP contribution in [0.1, 0.15) is 47.0 Å². The van der Waals surface area contributed by atoms with E-state index in [1.165, 1.54) is 0 Å². The van der Waals surface area contributed by atoms with Crippen LogP contribution in [0.25, 0.3) is 0 Å². The van der Waals surface area contributed by atoms with Gasteiger partial charge in [-0.05, 0) is 18.3 Å². The van der Waals surface area contributed by atoms with Crippen molar-refractivity contribution in [1.82, 2.24) is 0 Å². The third-order valence-corrected chi connectivity index (χ3v) is 2.62. The van der Waals surface area contributed by atoms with Gasteiger partial charge in [-0.3, -0.25) is 0 Å². The topological polar surface area (TPSA) is 46.5 Å². The average Bonchev–Trinajstić information content (AvgIpc) is 2.04. The Bertz CT molecular complexity index is 164. The number of carbonyl (C=O) groups excluding carboxylic acids is 1. The fourth-order valence-electron chi connectivity index (χ4n) is 1.92. The van der Waals surface area contributed by atoms with Gasteiger partial charge in [-0.25, -0.2) is 4.79 Å². The molecule has 0 aliphatic carbocycles. The molecule has 0 aromatic heterocycles. The van der Waals surface area contributed by atoms with Crippen LogP contribution < -0.4 is 0 Å². The second kappa shape index (κ2) is 5.22. The summed E-state index contributed by atoms with van der Waals surface area (Å²) >= 11 is 0. The average molecular weight is 188 g/mol. The number of hydrogen-bond donors (Lipinski definition) is 1. The van der Waals surface area contributed by atoms with Gasteiger partial charge in [0.2, 0.25) is 0 Å². The first-order valence-corrected chi connectivity index (χ1v) is 4.84. The molecule has 0 aliphatic rings. The maximum atomic E-state index is 11.2. The fraction of sp³-hybridized carbons (Fsp3) is 0.900. The normalized spacial score (nSPS) is 13.9. The van der Waals surface area contributed by atoms with Gasteiger partial charge in [0.15, 0.2) is 0 Å². The molecule has 0 spiro atoms. The summed E-state index contributed by atoms with van der Waals surface area (Å²) in [4.78, 5) is 15.0. The number of hydrogen-bond acceptors (Lipinski definition) is 3. The Labute approximate surface area is 80.0 Å². The molecule has 1 atom stereocenters. The molecule has 0 aromatic rings. The van der Waals surface area contributed by atoms with E-state index >= 15 is 0 Å². The summed E-state index contributed by atoms with van der Waals surface area (Å²) in [5, 5.41) is 8.32. The lowest BCUT2D eigenvalue weighted by molar-refractivity contribution is -0.242. The third kappa shape index (κ3) is 3.35. The molecule has 0 saturated heterocycles. The Morgan fingerprint density at radius 3 is 2.31 bits per heavy atom. The highest BCUT2D eigenvalue weighted by molar-refractivity contribution is 5.72. The molecule has 0 saturated carbocycles. The van der Waals surface area contributed by atoms with Crippen LogP contribution in [-0.4, -0.2) is 11.2 Å². The van der Waals surface area contributed by atoms with Crippen molar-refractivity contribution in [2.45, 2.75) is 47.0 Å². The van der Waals surface area contributed by atoms with Crippen molar-refractivity contribution in [3.05, 3.63) is 0 Å². The zero-order chi connectivity index (χ0) is 10.5. The lowest BCUT2D eigenvalue weighted by atomic mass is 9.74. The maximum Gasteiger partial charge on any atom is 0.345 e. The SMILES string of the molecule is CCCC(C)(C)C(CC)C(=O)OO. The largest absolute Gasteiger partial charge is 0.345 e. The van der Waals surface area contributed by atoms with Crippen LogP contribution in [-0.2, 0) is 9.68 Å². The molecule has 3 nitrogen and oxygen atoms in total. The van der Waals surface area contributed by atoms with Gasteiger partial charge in [0.1, 0.15) is 0 Å². The van der Waals surface area contributed by atoms with Crippen LogP contribution in [0.15, 0.2) is 0 Å². The van der Waals surface area contributed by atoms with Crippen LogP contribution in [0, 0.1) is 11.3 Å². The van der Waals surface area contributed by atoms with Gasteiger partial charge in [0, 0.05) is 0 Å². The molecule has 3 heteroatoms. The minimum Gasteiger partial charge on any atom is -0.301 e. The molecule has 0 aromatic carbocycles. The molecule has 13 heavy (non-hydrogen) atoms. The summed E-state index contributed by atoms with van der Waals surface area (Å²) in [7, 11) is 0. The smallest absolute Gasteiger partial charge is 0.301 e. The van der Waals surface area contributed by atoms with E-state index < -0.39 is 5.97 Å². The van der Waals surface area contributed by atoms with Gasteiger partial charge in [-0.15, -0.1) is 0 Å². The Morgan fingerprint density at radius 1 is 1.46 bits per heavy atom. The van der Waals surface area contributed by atoms with E-state index in [0.29, 0.717) is 6.42 Å². The molecule has 1 unspecified atom stereocenters. The van der Waals surface area contributed by atoms with Gasteiger partial charge in [-0.1, -0.05) is 34.1 Å². The summed E-state index contributed by atoms with van der Waals surface area (Å²) in [5.41, 5.74) is -0.0939. The predicted octanol–water partition coefficient (Wildman–Crippen LogP) is 2.86. The molecule has 0 amide bonds. The lowest BCUT2D eigenvalue weighted by Gasteiger charge is -2.30. The van der Waals surface area contributed by atoms with Crippen LogP contribution in [0.4, 0.5) is 0 Å². The van der Waals surface area contributed by atoms with Gasteiger partial charge in [-0.2, -0.15) is 5.26 Å². The van der Waals surface area contributed by atoms with Crippen molar-refractivity contribution < 1.29 is 14.9 Å². The highest BCUT2D eigenvalue weighted by Gasteiger charge is 2.34. The Hall–Kier alpha value is -0.570. The zero-order valence-electron chi connectivity index (χ0n) is 8.96. The maximum absolute atomic E-state index is 11.2. The molecule has 0 heterocycles. The second-order valence-electron chi connectivity index (χ2n) is 4.11. The Morgan fingerprint density at radius 2 is 2.00 bits per heavy atom. The summed E-state index contributed by atoms with van der Waals surface area (Å²) in [5.74, 6) is -0.724. The van der Waals surface area contributed by atoms with Crippen LogP contribution in [0.3, 0.4) is 0 Å². The fourth-order valence-corrected chi connectivity index (χ4v) is 1.92. The minimum absolute atomic E-state index is 0.0939. The molecule has 1 N–H and O–H groups in total. The molecule has 0 rings (SSSR count). The van der Waals surface area contributed by atoms with Crippen molar-refractivity contribution in [3.63, 3.8) is 0 Å². The molecule has 78 valence electrons. The predicted molar refractivity (Wildman–Crippen MR) is 51.2 cm³/mol. The summed E-state index contributed by atoms with van der Waals surface area (Å²) < 4.78 is 0. The number of rotatable bonds is 5. The zero-order valence-corrected chi connectivity index (χ0v) is 8.96. The van der Waals surface area contributed by atoms with Gasteiger partial charge in [0.05, 0.1) is 5.92 Å². The van der Waals surface area contributed by atoms with E-state index in [1.54, 1.807) is 0 Å². The lowest BCUT2D eigenvalue weighted by Crippen LogP contribution is -2.31. The van der Waals surface area contributed by atoms with Crippen LogP contribution in [0.2, 0.25) is 0 Å². The summed E-state index contributed by atoms with van der Waals surface area (Å²) in [6, 6.07) is 0. The van der Waals surface area contributed by atoms with E-state index in [1.807, 2.05) is 20.8 Å². The van der Waals surface area contributed by atoms with Crippen molar-refractivity contribution in [3.8, 4) is 0 Å². The van der Waals surface area contributed by atoms with Crippen LogP contribution >= 0.6 is 0 Å². The Kier molecular flexibility index (Phi) is 4.99. The third-order valence-electron chi connectivity index (χ3n) is 2.62. The van der Waals surface area contributed by atoms with Gasteiger partial charge < -0.3 is 4.89 Å². The van der Waals surface area contributed by atoms with Crippen molar-refractivity contribution in [2.24, 2.45) is 11.3 Å². The highest BCUT2D eigenvalue weighted by atomic mass is 17.1. The van der Waals surface area contributed by atoms with E-state index in [9.17, 15) is 4.79 Å². The number of carbonyl (C=O) groups is 1. The molecule has 0 bridgehead atoms. The Balaban J connectivity index is 4.45. The minimum atomic E-state index is -0.513. The summed E-state index contributed by atoms with van der Waals surface area (Å²) in [6.07, 6.45) is 2.69. The van der Waals surface area contributed by atoms with E-state index in [0.717, 1.165) is 12.8 Å². The first-order valence-electron chi connectivity index (χ1n) is 4.84. The molecule has 0 fully saturated rings. The first-order chi connectivity index (χ1) is 5.99. The highest BCUT2D eigenvalue weighted by Crippen LogP contribution is 2.34. The van der Waals surface area contributed by atoms with Crippen molar-refractivity contribution in [2.75, 3.05) is 0 Å². The van der Waals surface area contributed by atoms with Crippen molar-refractivity contribution in [1.29, 1.82) is 0 Å². The van der Waals surface area contributed by atoms with Crippen LogP contribution in [0.5, 0.6) is 0 Å². The quantitative estimate of drug-likeness (QED) is 0.533. The first kappa shape index (κ1) is 12.4.